The highest BCUT2D eigenvalue weighted by Crippen LogP contribution is 2.31. The molecule has 7 heteroatoms. The average molecular weight is 300 g/mol. The van der Waals surface area contributed by atoms with Gasteiger partial charge in [-0.15, -0.1) is 0 Å². The lowest BCUT2D eigenvalue weighted by molar-refractivity contribution is 0.0695. The monoisotopic (exact) mass is 300 g/mol. The summed E-state index contributed by atoms with van der Waals surface area (Å²) in [7, 11) is 3.67. The molecule has 116 valence electrons. The minimum atomic E-state index is -1.38. The molecule has 1 aliphatic rings. The van der Waals surface area contributed by atoms with Gasteiger partial charge in [0.05, 0.1) is 11.7 Å². The van der Waals surface area contributed by atoms with Crippen LogP contribution in [0, 0.1) is 11.6 Å². The predicted octanol–water partition coefficient (Wildman–Crippen LogP) is 1.16. The van der Waals surface area contributed by atoms with Crippen LogP contribution in [0.1, 0.15) is 16.8 Å². The molecule has 1 heterocycles. The molecule has 1 aromatic rings. The first kappa shape index (κ1) is 15.7. The number of carbonyl (C=O) groups is 1. The molecule has 2 rings (SSSR count). The molecule has 0 saturated carbocycles. The number of hydrogen-bond donors (Lipinski definition) is 2. The number of carboxylic acid groups (broad SMARTS) is 1. The molecule has 1 aromatic carbocycles. The molecule has 5 nitrogen and oxygen atoms in total. The Hall–Kier alpha value is -1.73. The number of aromatic carboxylic acids is 1. The lowest BCUT2D eigenvalue weighted by atomic mass is 10.1. The zero-order valence-electron chi connectivity index (χ0n) is 11.9. The van der Waals surface area contributed by atoms with E-state index in [0.717, 1.165) is 12.1 Å². The Labute approximate surface area is 121 Å². The second kappa shape index (κ2) is 5.95. The van der Waals surface area contributed by atoms with Gasteiger partial charge >= 0.3 is 5.97 Å². The maximum Gasteiger partial charge on any atom is 0.335 e. The van der Waals surface area contributed by atoms with Crippen LogP contribution >= 0.6 is 0 Å². The Morgan fingerprint density at radius 1 is 1.38 bits per heavy atom. The molecule has 2 N–H and O–H groups in total. The zero-order chi connectivity index (χ0) is 15.7. The van der Waals surface area contributed by atoms with E-state index in [-0.39, 0.29) is 18.3 Å². The molecule has 0 radical (unpaired) electrons. The Balaban J connectivity index is 2.38. The van der Waals surface area contributed by atoms with Crippen molar-refractivity contribution in [2.24, 2.45) is 0 Å². The summed E-state index contributed by atoms with van der Waals surface area (Å²) in [6.45, 7) is 0.662. The Bertz CT molecular complexity index is 528. The second-order valence-electron chi connectivity index (χ2n) is 5.55. The minimum Gasteiger partial charge on any atom is -0.478 e. The van der Waals surface area contributed by atoms with Gasteiger partial charge < -0.3 is 20.0 Å². The maximum atomic E-state index is 14.1. The fraction of sp³-hybridized carbons (Fsp3) is 0.500. The summed E-state index contributed by atoms with van der Waals surface area (Å²) >= 11 is 0. The third-order valence-electron chi connectivity index (χ3n) is 3.52. The lowest BCUT2D eigenvalue weighted by Crippen LogP contribution is -2.38. The van der Waals surface area contributed by atoms with E-state index in [0.29, 0.717) is 13.0 Å². The van der Waals surface area contributed by atoms with Crippen molar-refractivity contribution in [3.05, 3.63) is 29.3 Å². The number of hydrogen-bond acceptors (Lipinski definition) is 4. The van der Waals surface area contributed by atoms with E-state index in [1.54, 1.807) is 0 Å². The number of aliphatic hydroxyl groups excluding tert-OH is 1. The van der Waals surface area contributed by atoms with Gasteiger partial charge in [-0.2, -0.15) is 0 Å². The van der Waals surface area contributed by atoms with Gasteiger partial charge in [-0.3, -0.25) is 0 Å². The summed E-state index contributed by atoms with van der Waals surface area (Å²) in [6.07, 6.45) is -0.245. The van der Waals surface area contributed by atoms with E-state index in [4.69, 9.17) is 5.11 Å². The molecule has 1 saturated heterocycles. The Morgan fingerprint density at radius 2 is 1.95 bits per heavy atom. The fourth-order valence-corrected chi connectivity index (χ4v) is 2.72. The van der Waals surface area contributed by atoms with Crippen molar-refractivity contribution < 1.29 is 23.8 Å². The molecule has 1 aliphatic heterocycles. The fourth-order valence-electron chi connectivity index (χ4n) is 2.72. The highest BCUT2D eigenvalue weighted by molar-refractivity contribution is 5.88. The van der Waals surface area contributed by atoms with Crippen molar-refractivity contribution in [3.63, 3.8) is 0 Å². The van der Waals surface area contributed by atoms with E-state index in [1.807, 2.05) is 19.0 Å². The molecule has 1 fully saturated rings. The molecular weight excluding hydrogens is 282 g/mol. The highest BCUT2D eigenvalue weighted by Gasteiger charge is 2.34. The Morgan fingerprint density at radius 3 is 2.43 bits per heavy atom. The summed E-state index contributed by atoms with van der Waals surface area (Å²) < 4.78 is 28.2. The van der Waals surface area contributed by atoms with Crippen molar-refractivity contribution in [3.8, 4) is 0 Å². The number of benzene rings is 1. The molecule has 2 atom stereocenters. The molecule has 0 amide bonds. The van der Waals surface area contributed by atoms with Gasteiger partial charge in [-0.25, -0.2) is 13.6 Å². The summed E-state index contributed by atoms with van der Waals surface area (Å²) in [5, 5.41) is 18.6. The van der Waals surface area contributed by atoms with Crippen LogP contribution in [0.2, 0.25) is 0 Å². The zero-order valence-corrected chi connectivity index (χ0v) is 11.9. The summed E-state index contributed by atoms with van der Waals surface area (Å²) in [4.78, 5) is 14.2. The minimum absolute atomic E-state index is 0.124. The number of halogens is 2. The molecule has 0 aliphatic carbocycles. The average Bonchev–Trinajstić information content (AvgIpc) is 2.68. The third kappa shape index (κ3) is 3.30. The van der Waals surface area contributed by atoms with Crippen molar-refractivity contribution in [1.82, 2.24) is 4.90 Å². The van der Waals surface area contributed by atoms with Gasteiger partial charge in [0.15, 0.2) is 0 Å². The van der Waals surface area contributed by atoms with Crippen LogP contribution in [0.25, 0.3) is 0 Å². The first-order valence-corrected chi connectivity index (χ1v) is 6.61. The summed E-state index contributed by atoms with van der Waals surface area (Å²) in [6, 6.07) is 1.38. The molecule has 21 heavy (non-hydrogen) atoms. The number of β-amino-alcohol motifs (C(OH)–C–C–N with tert-alkyl or cyclic N) is 1. The topological polar surface area (TPSA) is 64.0 Å². The first-order valence-electron chi connectivity index (χ1n) is 6.61. The van der Waals surface area contributed by atoms with Crippen LogP contribution in [-0.4, -0.2) is 60.4 Å². The number of rotatable bonds is 4. The van der Waals surface area contributed by atoms with E-state index in [9.17, 15) is 18.7 Å². The van der Waals surface area contributed by atoms with Gasteiger partial charge in [0.1, 0.15) is 17.3 Å². The van der Waals surface area contributed by atoms with Crippen LogP contribution in [0.4, 0.5) is 14.5 Å². The van der Waals surface area contributed by atoms with Crippen molar-refractivity contribution >= 4 is 11.7 Å². The summed E-state index contributed by atoms with van der Waals surface area (Å²) in [5.41, 5.74) is -0.707. The maximum absolute atomic E-state index is 14.1. The van der Waals surface area contributed by atoms with Crippen molar-refractivity contribution in [2.75, 3.05) is 32.1 Å². The van der Waals surface area contributed by atoms with E-state index in [2.05, 4.69) is 0 Å². The Kier molecular flexibility index (Phi) is 4.43. The number of anilines is 1. The number of nitrogens with zero attached hydrogens (tertiary/aromatic N) is 2. The van der Waals surface area contributed by atoms with Gasteiger partial charge in [0.2, 0.25) is 0 Å². The van der Waals surface area contributed by atoms with Crippen LogP contribution < -0.4 is 4.90 Å². The van der Waals surface area contributed by atoms with Crippen molar-refractivity contribution in [1.29, 1.82) is 0 Å². The van der Waals surface area contributed by atoms with Crippen LogP contribution in [0.5, 0.6) is 0 Å². The number of carboxylic acids is 1. The summed E-state index contributed by atoms with van der Waals surface area (Å²) in [5.74, 6) is -3.24. The largest absolute Gasteiger partial charge is 0.478 e. The molecule has 0 bridgehead atoms. The first-order chi connectivity index (χ1) is 9.79. The predicted molar refractivity (Wildman–Crippen MR) is 73.6 cm³/mol. The molecule has 0 spiro atoms. The van der Waals surface area contributed by atoms with Gasteiger partial charge in [0.25, 0.3) is 0 Å². The molecule has 2 unspecified atom stereocenters. The SMILES string of the molecule is CN(C)CC1CC(O)CN1c1c(F)cc(C(=O)O)cc1F. The van der Waals surface area contributed by atoms with Gasteiger partial charge in [-0.05, 0) is 32.6 Å². The number of aliphatic hydroxyl groups is 1. The smallest absolute Gasteiger partial charge is 0.335 e. The van der Waals surface area contributed by atoms with E-state index < -0.39 is 29.3 Å². The normalized spacial score (nSPS) is 22.1. The standard InChI is InChI=1S/C14H18F2N2O3/c1-17(2)6-9-5-10(19)7-18(9)13-11(15)3-8(14(20)21)4-12(13)16/h3-4,9-10,19H,5-7H2,1-2H3,(H,20,21). The van der Waals surface area contributed by atoms with Crippen molar-refractivity contribution in [2.45, 2.75) is 18.6 Å². The van der Waals surface area contributed by atoms with Gasteiger partial charge in [-0.1, -0.05) is 0 Å². The van der Waals surface area contributed by atoms with E-state index in [1.165, 1.54) is 4.90 Å². The van der Waals surface area contributed by atoms with Gasteiger partial charge in [0, 0.05) is 19.1 Å². The second-order valence-corrected chi connectivity index (χ2v) is 5.55. The third-order valence-corrected chi connectivity index (χ3v) is 3.52. The molecule has 0 aromatic heterocycles. The highest BCUT2D eigenvalue weighted by atomic mass is 19.1. The van der Waals surface area contributed by atoms with Crippen LogP contribution in [0.15, 0.2) is 12.1 Å². The van der Waals surface area contributed by atoms with Crippen LogP contribution in [0.3, 0.4) is 0 Å². The molecular formula is C14H18F2N2O3. The quantitative estimate of drug-likeness (QED) is 0.874. The lowest BCUT2D eigenvalue weighted by Gasteiger charge is -2.29. The van der Waals surface area contributed by atoms with E-state index >= 15 is 0 Å². The van der Waals surface area contributed by atoms with Crippen LogP contribution in [-0.2, 0) is 0 Å². The number of likely N-dealkylation sites (N-methyl/N-ethyl adjacent to an activating group) is 1.